The lowest BCUT2D eigenvalue weighted by Gasteiger charge is -2.15. The largest absolute Gasteiger partial charge is 0.433 e. The first-order valence-corrected chi connectivity index (χ1v) is 8.19. The second-order valence-electron chi connectivity index (χ2n) is 4.80. The van der Waals surface area contributed by atoms with E-state index in [1.807, 2.05) is 0 Å². The highest BCUT2D eigenvalue weighted by atomic mass is 32.2. The van der Waals surface area contributed by atoms with E-state index in [0.717, 1.165) is 48.2 Å². The van der Waals surface area contributed by atoms with Crippen LogP contribution in [0.4, 0.5) is 18.3 Å². The van der Waals surface area contributed by atoms with Crippen LogP contribution in [0.3, 0.4) is 0 Å². The molecule has 6 nitrogen and oxygen atoms in total. The molecule has 0 aromatic carbocycles. The number of hydrogen-bond acceptors (Lipinski definition) is 7. The van der Waals surface area contributed by atoms with Gasteiger partial charge in [0.1, 0.15) is 5.69 Å². The summed E-state index contributed by atoms with van der Waals surface area (Å²) in [6.45, 7) is 1.45. The number of carbonyl (C=O) groups excluding carboxylic acids is 1. The van der Waals surface area contributed by atoms with E-state index in [9.17, 15) is 18.0 Å². The van der Waals surface area contributed by atoms with Crippen LogP contribution >= 0.6 is 23.1 Å². The topological polar surface area (TPSA) is 71.9 Å². The molecule has 0 N–H and O–H groups in total. The van der Waals surface area contributed by atoms with Crippen LogP contribution in [0.25, 0.3) is 0 Å². The van der Waals surface area contributed by atoms with Crippen molar-refractivity contribution in [3.05, 3.63) is 18.0 Å². The normalized spacial score (nSPS) is 14.8. The summed E-state index contributed by atoms with van der Waals surface area (Å²) in [5.74, 6) is -0.129. The fourth-order valence-electron chi connectivity index (χ4n) is 1.85. The second kappa shape index (κ2) is 6.04. The molecule has 23 heavy (non-hydrogen) atoms. The number of hydrogen-bond donors (Lipinski definition) is 0. The van der Waals surface area contributed by atoms with Crippen molar-refractivity contribution >= 4 is 34.1 Å². The lowest BCUT2D eigenvalue weighted by molar-refractivity contribution is -0.141. The van der Waals surface area contributed by atoms with Crippen LogP contribution in [0.15, 0.2) is 21.8 Å². The molecule has 0 unspecified atom stereocenters. The van der Waals surface area contributed by atoms with Crippen LogP contribution in [-0.2, 0) is 11.0 Å². The highest BCUT2D eigenvalue weighted by Crippen LogP contribution is 2.37. The summed E-state index contributed by atoms with van der Waals surface area (Å²) in [5.41, 5.74) is -1.01. The lowest BCUT2D eigenvalue weighted by Crippen LogP contribution is -2.30. The predicted molar refractivity (Wildman–Crippen MR) is 77.2 cm³/mol. The molecule has 3 rings (SSSR count). The van der Waals surface area contributed by atoms with Gasteiger partial charge >= 0.3 is 6.18 Å². The first kappa shape index (κ1) is 16.1. The summed E-state index contributed by atoms with van der Waals surface area (Å²) >= 11 is 2.02. The Hall–Kier alpha value is -1.75. The third-order valence-electron chi connectivity index (χ3n) is 2.96. The van der Waals surface area contributed by atoms with Gasteiger partial charge in [-0.3, -0.25) is 9.69 Å². The molecule has 1 fully saturated rings. The number of alkyl halides is 3. The van der Waals surface area contributed by atoms with Crippen molar-refractivity contribution in [2.75, 3.05) is 4.90 Å². The minimum absolute atomic E-state index is 0.0664. The van der Waals surface area contributed by atoms with E-state index in [1.54, 1.807) is 4.90 Å². The molecule has 1 aliphatic rings. The maximum atomic E-state index is 12.6. The highest BCUT2D eigenvalue weighted by Gasteiger charge is 2.35. The zero-order valence-corrected chi connectivity index (χ0v) is 13.4. The van der Waals surface area contributed by atoms with Crippen molar-refractivity contribution < 1.29 is 18.0 Å². The maximum absolute atomic E-state index is 12.6. The number of rotatable bonds is 4. The van der Waals surface area contributed by atoms with Gasteiger partial charge in [-0.05, 0) is 30.7 Å². The molecule has 2 heterocycles. The molecule has 0 spiro atoms. The summed E-state index contributed by atoms with van der Waals surface area (Å²) in [4.78, 5) is 20.5. The Morgan fingerprint density at radius 1 is 1.39 bits per heavy atom. The molecule has 0 atom stereocenters. The van der Waals surface area contributed by atoms with E-state index in [0.29, 0.717) is 9.47 Å². The van der Waals surface area contributed by atoms with Crippen molar-refractivity contribution in [1.82, 2.24) is 20.2 Å². The number of nitrogens with zero attached hydrogens (tertiary/aromatic N) is 5. The van der Waals surface area contributed by atoms with Crippen LogP contribution < -0.4 is 4.90 Å². The van der Waals surface area contributed by atoms with Crippen molar-refractivity contribution in [3.8, 4) is 0 Å². The molecule has 0 bridgehead atoms. The maximum Gasteiger partial charge on any atom is 0.433 e. The molecule has 0 aliphatic heterocycles. The molecule has 1 aliphatic carbocycles. The van der Waals surface area contributed by atoms with E-state index >= 15 is 0 Å². The fourth-order valence-corrected chi connectivity index (χ4v) is 3.65. The Bertz CT molecular complexity index is 731. The Morgan fingerprint density at radius 3 is 2.74 bits per heavy atom. The molecule has 1 saturated carbocycles. The van der Waals surface area contributed by atoms with Gasteiger partial charge in [0.25, 0.3) is 0 Å². The second-order valence-corrected chi connectivity index (χ2v) is 6.97. The van der Waals surface area contributed by atoms with Crippen molar-refractivity contribution in [3.63, 3.8) is 0 Å². The predicted octanol–water partition coefficient (Wildman–Crippen LogP) is 3.01. The number of carbonyl (C=O) groups is 1. The molecule has 0 radical (unpaired) electrons. The number of amides is 1. The van der Waals surface area contributed by atoms with Gasteiger partial charge < -0.3 is 0 Å². The summed E-state index contributed by atoms with van der Waals surface area (Å²) < 4.78 is 38.3. The molecule has 0 saturated heterocycles. The summed E-state index contributed by atoms with van der Waals surface area (Å²) in [5, 5.41) is 8.21. The molecule has 11 heteroatoms. The Morgan fingerprint density at radius 2 is 2.13 bits per heavy atom. The van der Waals surface area contributed by atoms with Gasteiger partial charge in [0, 0.05) is 19.2 Å². The average Bonchev–Trinajstić information content (AvgIpc) is 3.18. The van der Waals surface area contributed by atoms with E-state index in [4.69, 9.17) is 0 Å². The minimum atomic E-state index is -4.53. The van der Waals surface area contributed by atoms with Crippen molar-refractivity contribution in [1.29, 1.82) is 0 Å². The molecular formula is C12H10F3N5OS2. The first-order chi connectivity index (χ1) is 10.8. The SMILES string of the molecule is CC(=O)N(c1nnc(Sc2nccc(C(F)(F)F)n2)s1)C1CC1. The van der Waals surface area contributed by atoms with Gasteiger partial charge in [0.15, 0.2) is 9.50 Å². The molecule has 122 valence electrons. The fraction of sp³-hybridized carbons (Fsp3) is 0.417. The Balaban J connectivity index is 1.78. The number of aromatic nitrogens is 4. The number of anilines is 1. The zero-order valence-electron chi connectivity index (χ0n) is 11.7. The Labute approximate surface area is 137 Å². The smallest absolute Gasteiger partial charge is 0.284 e. The van der Waals surface area contributed by atoms with E-state index in [-0.39, 0.29) is 17.1 Å². The monoisotopic (exact) mass is 361 g/mol. The third-order valence-corrected chi connectivity index (χ3v) is 4.81. The van der Waals surface area contributed by atoms with Crippen LogP contribution in [0.5, 0.6) is 0 Å². The third kappa shape index (κ3) is 3.78. The van der Waals surface area contributed by atoms with Crippen LogP contribution in [0.2, 0.25) is 0 Å². The average molecular weight is 361 g/mol. The van der Waals surface area contributed by atoms with E-state index in [1.165, 1.54) is 6.92 Å². The van der Waals surface area contributed by atoms with Gasteiger partial charge in [0.2, 0.25) is 11.0 Å². The lowest BCUT2D eigenvalue weighted by atomic mass is 10.4. The van der Waals surface area contributed by atoms with Gasteiger partial charge in [-0.25, -0.2) is 9.97 Å². The van der Waals surface area contributed by atoms with Crippen molar-refractivity contribution in [2.24, 2.45) is 0 Å². The van der Waals surface area contributed by atoms with Crippen LogP contribution in [0, 0.1) is 0 Å². The first-order valence-electron chi connectivity index (χ1n) is 6.56. The quantitative estimate of drug-likeness (QED) is 0.616. The molecule has 1 amide bonds. The number of halogens is 3. The zero-order chi connectivity index (χ0) is 16.6. The summed E-state index contributed by atoms with van der Waals surface area (Å²) in [6.07, 6.45) is -1.65. The standard InChI is InChI=1S/C12H10F3N5OS2/c1-6(21)20(7-2-3-7)10-18-19-11(23-10)22-9-16-5-4-8(17-9)12(13,14)15/h4-5,7H,2-3H2,1H3. The summed E-state index contributed by atoms with van der Waals surface area (Å²) in [7, 11) is 0. The van der Waals surface area contributed by atoms with Crippen LogP contribution in [-0.4, -0.2) is 32.1 Å². The molecular weight excluding hydrogens is 351 g/mol. The van der Waals surface area contributed by atoms with Gasteiger partial charge in [-0.15, -0.1) is 10.2 Å². The van der Waals surface area contributed by atoms with Crippen molar-refractivity contribution in [2.45, 2.75) is 41.5 Å². The van der Waals surface area contributed by atoms with E-state index < -0.39 is 11.9 Å². The van der Waals surface area contributed by atoms with Gasteiger partial charge in [-0.2, -0.15) is 13.2 Å². The Kier molecular flexibility index (Phi) is 4.23. The van der Waals surface area contributed by atoms with E-state index in [2.05, 4.69) is 20.2 Å². The van der Waals surface area contributed by atoms with Crippen LogP contribution in [0.1, 0.15) is 25.5 Å². The van der Waals surface area contributed by atoms with Gasteiger partial charge in [-0.1, -0.05) is 11.3 Å². The van der Waals surface area contributed by atoms with Gasteiger partial charge in [0.05, 0.1) is 0 Å². The molecule has 2 aromatic rings. The summed E-state index contributed by atoms with van der Waals surface area (Å²) in [6, 6.07) is 0.947. The molecule has 2 aromatic heterocycles. The minimum Gasteiger partial charge on any atom is -0.284 e. The highest BCUT2D eigenvalue weighted by molar-refractivity contribution is 8.00.